The molecule has 0 atom stereocenters. The fraction of sp³-hybridized carbons (Fsp3) is 0.444. The lowest BCUT2D eigenvalue weighted by Gasteiger charge is -2.16. The Balaban J connectivity index is 0.000000845. The summed E-state index contributed by atoms with van der Waals surface area (Å²) < 4.78 is 5.41. The van der Waals surface area contributed by atoms with Crippen LogP contribution >= 0.6 is 12.4 Å². The van der Waals surface area contributed by atoms with Gasteiger partial charge in [0.25, 0.3) is 0 Å². The van der Waals surface area contributed by atoms with Crippen LogP contribution in [0, 0.1) is 0 Å². The first-order chi connectivity index (χ1) is 5.90. The highest BCUT2D eigenvalue weighted by Gasteiger charge is 2.10. The second kappa shape index (κ2) is 4.44. The van der Waals surface area contributed by atoms with Crippen LogP contribution in [0.3, 0.4) is 0 Å². The summed E-state index contributed by atoms with van der Waals surface area (Å²) >= 11 is 0. The number of hydrogen-bond donors (Lipinski definition) is 1. The molecule has 0 aliphatic carbocycles. The summed E-state index contributed by atoms with van der Waals surface area (Å²) in [5.41, 5.74) is 1.83. The van der Waals surface area contributed by atoms with Crippen LogP contribution in [0.4, 0.5) is 0 Å². The topological polar surface area (TPSA) is 42.4 Å². The van der Waals surface area contributed by atoms with E-state index in [-0.39, 0.29) is 19.0 Å². The van der Waals surface area contributed by atoms with Crippen LogP contribution in [0.2, 0.25) is 0 Å². The van der Waals surface area contributed by atoms with Crippen molar-refractivity contribution >= 4 is 12.4 Å². The summed E-state index contributed by atoms with van der Waals surface area (Å²) in [6.07, 6.45) is 3.89. The van der Waals surface area contributed by atoms with E-state index >= 15 is 0 Å². The fourth-order valence-corrected chi connectivity index (χ4v) is 1.36. The number of halogens is 1. The highest BCUT2D eigenvalue weighted by molar-refractivity contribution is 5.85. The number of rotatable bonds is 1. The average molecular weight is 202 g/mol. The van der Waals surface area contributed by atoms with Crippen LogP contribution < -0.4 is 4.74 Å². The molecule has 0 radical (unpaired) electrons. The van der Waals surface area contributed by atoms with Gasteiger partial charge in [0.1, 0.15) is 5.75 Å². The van der Waals surface area contributed by atoms with E-state index in [1.54, 1.807) is 6.20 Å². The monoisotopic (exact) mass is 201 g/mol. The van der Waals surface area contributed by atoms with Gasteiger partial charge in [-0.05, 0) is 12.8 Å². The smallest absolute Gasteiger partial charge is 0.125 e. The van der Waals surface area contributed by atoms with Crippen molar-refractivity contribution in [3.8, 4) is 5.75 Å². The molecule has 4 heteroatoms. The molecule has 0 amide bonds. The van der Waals surface area contributed by atoms with E-state index in [1.807, 2.05) is 6.07 Å². The Morgan fingerprint density at radius 1 is 1.54 bits per heavy atom. The lowest BCUT2D eigenvalue weighted by Crippen LogP contribution is -2.09. The number of aliphatic hydroxyl groups excluding tert-OH is 1. The van der Waals surface area contributed by atoms with Crippen molar-refractivity contribution in [3.05, 3.63) is 23.5 Å². The van der Waals surface area contributed by atoms with Gasteiger partial charge in [0, 0.05) is 17.8 Å². The molecule has 3 nitrogen and oxygen atoms in total. The maximum absolute atomic E-state index is 8.82. The standard InChI is InChI=1S/C9H11NO2.ClH/c11-6-8-4-9-7(5-10-8)2-1-3-12-9;/h4-5,11H,1-3,6H2;1H. The Morgan fingerprint density at radius 3 is 3.15 bits per heavy atom. The van der Waals surface area contributed by atoms with Crippen LogP contribution in [0.1, 0.15) is 17.7 Å². The Hall–Kier alpha value is -0.800. The van der Waals surface area contributed by atoms with E-state index in [4.69, 9.17) is 9.84 Å². The minimum absolute atomic E-state index is 0. The van der Waals surface area contributed by atoms with Gasteiger partial charge in [-0.3, -0.25) is 4.98 Å². The molecule has 1 N–H and O–H groups in total. The molecule has 1 aromatic heterocycles. The number of aliphatic hydroxyl groups is 1. The fourth-order valence-electron chi connectivity index (χ4n) is 1.36. The van der Waals surface area contributed by atoms with Crippen molar-refractivity contribution in [2.24, 2.45) is 0 Å². The van der Waals surface area contributed by atoms with Gasteiger partial charge in [-0.15, -0.1) is 12.4 Å². The average Bonchev–Trinajstić information content (AvgIpc) is 2.17. The molecule has 2 heterocycles. The number of nitrogens with zero attached hydrogens (tertiary/aromatic N) is 1. The largest absolute Gasteiger partial charge is 0.493 e. The number of ether oxygens (including phenoxy) is 1. The van der Waals surface area contributed by atoms with Crippen LogP contribution in [0.15, 0.2) is 12.3 Å². The number of aryl methyl sites for hydroxylation is 1. The lowest BCUT2D eigenvalue weighted by molar-refractivity contribution is 0.268. The zero-order valence-electron chi connectivity index (χ0n) is 7.19. The van der Waals surface area contributed by atoms with Gasteiger partial charge in [0.2, 0.25) is 0 Å². The van der Waals surface area contributed by atoms with Crippen molar-refractivity contribution in [1.29, 1.82) is 0 Å². The van der Waals surface area contributed by atoms with Crippen molar-refractivity contribution in [2.75, 3.05) is 6.61 Å². The van der Waals surface area contributed by atoms with Crippen LogP contribution in [-0.2, 0) is 13.0 Å². The first kappa shape index (κ1) is 10.3. The Bertz CT molecular complexity index is 291. The normalized spacial score (nSPS) is 13.9. The second-order valence-corrected chi connectivity index (χ2v) is 2.89. The molecule has 1 aromatic rings. The molecule has 1 aliphatic rings. The molecule has 0 aromatic carbocycles. The first-order valence-corrected chi connectivity index (χ1v) is 4.11. The summed E-state index contributed by atoms with van der Waals surface area (Å²) in [7, 11) is 0. The number of hydrogen-bond acceptors (Lipinski definition) is 3. The zero-order chi connectivity index (χ0) is 8.39. The third kappa shape index (κ3) is 2.11. The van der Waals surface area contributed by atoms with E-state index in [0.717, 1.165) is 30.8 Å². The lowest BCUT2D eigenvalue weighted by atomic mass is 10.1. The predicted octanol–water partition coefficient (Wildman–Crippen LogP) is 1.32. The molecule has 2 rings (SSSR count). The van der Waals surface area contributed by atoms with Crippen LogP contribution in [0.25, 0.3) is 0 Å². The molecular formula is C9H12ClNO2. The molecule has 0 saturated heterocycles. The molecular weight excluding hydrogens is 190 g/mol. The SMILES string of the molecule is Cl.OCc1cc2c(cn1)CCCO2. The molecule has 0 unspecified atom stereocenters. The summed E-state index contributed by atoms with van der Waals surface area (Å²) in [6.45, 7) is 0.762. The van der Waals surface area contributed by atoms with Crippen LogP contribution in [-0.4, -0.2) is 16.7 Å². The summed E-state index contributed by atoms with van der Waals surface area (Å²) in [5.74, 6) is 0.889. The van der Waals surface area contributed by atoms with E-state index < -0.39 is 0 Å². The summed E-state index contributed by atoms with van der Waals surface area (Å²) in [6, 6.07) is 1.81. The number of pyridine rings is 1. The molecule has 13 heavy (non-hydrogen) atoms. The van der Waals surface area contributed by atoms with E-state index in [9.17, 15) is 0 Å². The van der Waals surface area contributed by atoms with Gasteiger partial charge in [-0.25, -0.2) is 0 Å². The van der Waals surface area contributed by atoms with Crippen LogP contribution in [0.5, 0.6) is 5.75 Å². The van der Waals surface area contributed by atoms with Crippen molar-refractivity contribution in [2.45, 2.75) is 19.4 Å². The van der Waals surface area contributed by atoms with Crippen molar-refractivity contribution in [3.63, 3.8) is 0 Å². The maximum Gasteiger partial charge on any atom is 0.125 e. The summed E-state index contributed by atoms with van der Waals surface area (Å²) in [5, 5.41) is 8.82. The highest BCUT2D eigenvalue weighted by atomic mass is 35.5. The maximum atomic E-state index is 8.82. The predicted molar refractivity (Wildman–Crippen MR) is 51.2 cm³/mol. The minimum atomic E-state index is -0.0172. The van der Waals surface area contributed by atoms with Gasteiger partial charge in [0.15, 0.2) is 0 Å². The number of fused-ring (bicyclic) bond motifs is 1. The van der Waals surface area contributed by atoms with Gasteiger partial charge >= 0.3 is 0 Å². The van der Waals surface area contributed by atoms with Gasteiger partial charge < -0.3 is 9.84 Å². The Morgan fingerprint density at radius 2 is 2.38 bits per heavy atom. The van der Waals surface area contributed by atoms with Gasteiger partial charge in [0.05, 0.1) is 18.9 Å². The second-order valence-electron chi connectivity index (χ2n) is 2.89. The van der Waals surface area contributed by atoms with Crippen molar-refractivity contribution < 1.29 is 9.84 Å². The van der Waals surface area contributed by atoms with E-state index in [1.165, 1.54) is 0 Å². The van der Waals surface area contributed by atoms with E-state index in [0.29, 0.717) is 5.69 Å². The van der Waals surface area contributed by atoms with Gasteiger partial charge in [-0.1, -0.05) is 0 Å². The molecule has 0 spiro atoms. The zero-order valence-corrected chi connectivity index (χ0v) is 8.01. The molecule has 0 fully saturated rings. The third-order valence-electron chi connectivity index (χ3n) is 2.01. The van der Waals surface area contributed by atoms with Crippen molar-refractivity contribution in [1.82, 2.24) is 4.98 Å². The minimum Gasteiger partial charge on any atom is -0.493 e. The van der Waals surface area contributed by atoms with Gasteiger partial charge in [-0.2, -0.15) is 0 Å². The first-order valence-electron chi connectivity index (χ1n) is 4.11. The third-order valence-corrected chi connectivity index (χ3v) is 2.01. The summed E-state index contributed by atoms with van der Waals surface area (Å²) in [4.78, 5) is 4.08. The molecule has 1 aliphatic heterocycles. The van der Waals surface area contributed by atoms with E-state index in [2.05, 4.69) is 4.98 Å². The Labute approximate surface area is 83.2 Å². The molecule has 72 valence electrons. The number of aromatic nitrogens is 1. The highest BCUT2D eigenvalue weighted by Crippen LogP contribution is 2.24. The molecule has 0 bridgehead atoms. The molecule has 0 saturated carbocycles. The Kier molecular flexibility index (Phi) is 3.51. The quantitative estimate of drug-likeness (QED) is 0.745.